The van der Waals surface area contributed by atoms with Gasteiger partial charge in [0.1, 0.15) is 5.56 Å². The highest BCUT2D eigenvalue weighted by atomic mass is 16.5. The molecule has 1 N–H and O–H groups in total. The van der Waals surface area contributed by atoms with Crippen LogP contribution in [-0.2, 0) is 14.9 Å². The molecule has 0 saturated heterocycles. The van der Waals surface area contributed by atoms with Crippen LogP contribution in [0.15, 0.2) is 42.5 Å². The Kier molecular flexibility index (Phi) is 6.45. The molecule has 27 heavy (non-hydrogen) atoms. The van der Waals surface area contributed by atoms with Crippen LogP contribution in [0.2, 0.25) is 0 Å². The van der Waals surface area contributed by atoms with Crippen LogP contribution in [0.3, 0.4) is 0 Å². The van der Waals surface area contributed by atoms with Crippen molar-refractivity contribution in [3.63, 3.8) is 0 Å². The van der Waals surface area contributed by atoms with Crippen LogP contribution in [0.5, 0.6) is 11.5 Å². The summed E-state index contributed by atoms with van der Waals surface area (Å²) in [7, 11) is 2.91. The van der Waals surface area contributed by atoms with Gasteiger partial charge in [-0.05, 0) is 35.2 Å². The molecule has 0 aliphatic heterocycles. The van der Waals surface area contributed by atoms with E-state index in [1.807, 2.05) is 24.3 Å². The van der Waals surface area contributed by atoms with Crippen molar-refractivity contribution in [2.24, 2.45) is 0 Å². The fourth-order valence-corrected chi connectivity index (χ4v) is 2.51. The van der Waals surface area contributed by atoms with Gasteiger partial charge in [0.2, 0.25) is 0 Å². The van der Waals surface area contributed by atoms with E-state index >= 15 is 0 Å². The van der Waals surface area contributed by atoms with Gasteiger partial charge in [-0.2, -0.15) is 0 Å². The Hall–Kier alpha value is -3.02. The number of rotatable bonds is 6. The van der Waals surface area contributed by atoms with E-state index in [4.69, 9.17) is 14.2 Å². The molecule has 0 spiro atoms. The lowest BCUT2D eigenvalue weighted by Crippen LogP contribution is -2.21. The highest BCUT2D eigenvalue weighted by molar-refractivity contribution is 5.97. The Morgan fingerprint density at radius 1 is 0.963 bits per heavy atom. The topological polar surface area (TPSA) is 73.9 Å². The summed E-state index contributed by atoms with van der Waals surface area (Å²) in [4.78, 5) is 24.3. The third-order valence-corrected chi connectivity index (χ3v) is 3.99. The molecule has 0 fully saturated rings. The molecule has 6 heteroatoms. The number of ether oxygens (including phenoxy) is 3. The monoisotopic (exact) mass is 371 g/mol. The van der Waals surface area contributed by atoms with E-state index in [1.165, 1.54) is 14.2 Å². The molecule has 2 rings (SSSR count). The van der Waals surface area contributed by atoms with Gasteiger partial charge in [0.15, 0.2) is 18.1 Å². The number of anilines is 1. The van der Waals surface area contributed by atoms with E-state index in [9.17, 15) is 9.59 Å². The van der Waals surface area contributed by atoms with Crippen molar-refractivity contribution < 1.29 is 23.8 Å². The minimum Gasteiger partial charge on any atom is -0.493 e. The summed E-state index contributed by atoms with van der Waals surface area (Å²) < 4.78 is 15.5. The molecule has 144 valence electrons. The fourth-order valence-electron chi connectivity index (χ4n) is 2.51. The zero-order valence-electron chi connectivity index (χ0n) is 16.3. The summed E-state index contributed by atoms with van der Waals surface area (Å²) >= 11 is 0. The molecule has 0 radical (unpaired) electrons. The first kappa shape index (κ1) is 20.3. The molecule has 0 unspecified atom stereocenters. The predicted octanol–water partition coefficient (Wildman–Crippen LogP) is 3.80. The van der Waals surface area contributed by atoms with Crippen LogP contribution >= 0.6 is 0 Å². The summed E-state index contributed by atoms with van der Waals surface area (Å²) in [5.41, 5.74) is 2.03. The molecule has 1 amide bonds. The Balaban J connectivity index is 1.97. The van der Waals surface area contributed by atoms with E-state index < -0.39 is 18.5 Å². The maximum atomic E-state index is 12.3. The van der Waals surface area contributed by atoms with Crippen LogP contribution in [0.1, 0.15) is 36.7 Å². The van der Waals surface area contributed by atoms with Gasteiger partial charge in [0.25, 0.3) is 5.91 Å². The molecule has 0 heterocycles. The van der Waals surface area contributed by atoms with Crippen molar-refractivity contribution in [2.45, 2.75) is 26.2 Å². The zero-order valence-corrected chi connectivity index (χ0v) is 16.3. The molecular weight excluding hydrogens is 346 g/mol. The second-order valence-corrected chi connectivity index (χ2v) is 6.99. The van der Waals surface area contributed by atoms with Gasteiger partial charge in [-0.25, -0.2) is 4.79 Å². The Morgan fingerprint density at radius 3 is 2.19 bits per heavy atom. The van der Waals surface area contributed by atoms with Crippen LogP contribution in [0.25, 0.3) is 0 Å². The lowest BCUT2D eigenvalue weighted by molar-refractivity contribution is -0.119. The number of amides is 1. The van der Waals surface area contributed by atoms with Crippen molar-refractivity contribution in [2.75, 3.05) is 26.1 Å². The second-order valence-electron chi connectivity index (χ2n) is 6.99. The second kappa shape index (κ2) is 8.58. The lowest BCUT2D eigenvalue weighted by atomic mass is 9.87. The molecule has 0 aromatic heterocycles. The zero-order chi connectivity index (χ0) is 20.0. The van der Waals surface area contributed by atoms with E-state index in [2.05, 4.69) is 26.1 Å². The lowest BCUT2D eigenvalue weighted by Gasteiger charge is -2.19. The number of esters is 1. The highest BCUT2D eigenvalue weighted by Crippen LogP contribution is 2.31. The maximum Gasteiger partial charge on any atom is 0.342 e. The van der Waals surface area contributed by atoms with Gasteiger partial charge in [-0.15, -0.1) is 0 Å². The fraction of sp³-hybridized carbons (Fsp3) is 0.333. The Morgan fingerprint density at radius 2 is 1.63 bits per heavy atom. The van der Waals surface area contributed by atoms with Crippen molar-refractivity contribution >= 4 is 17.6 Å². The first-order chi connectivity index (χ1) is 12.8. The van der Waals surface area contributed by atoms with Crippen molar-refractivity contribution in [1.82, 2.24) is 0 Å². The molecular formula is C21H25NO5. The average molecular weight is 371 g/mol. The van der Waals surface area contributed by atoms with Crippen molar-refractivity contribution in [3.05, 3.63) is 53.6 Å². The SMILES string of the molecule is COc1cccc(C(=O)OCC(=O)Nc2ccc(C(C)(C)C)cc2)c1OC. The normalized spacial score (nSPS) is 10.9. The number of para-hydroxylation sites is 1. The van der Waals surface area contributed by atoms with Gasteiger partial charge in [0.05, 0.1) is 14.2 Å². The summed E-state index contributed by atoms with van der Waals surface area (Å²) in [6, 6.07) is 12.4. The number of carbonyl (C=O) groups excluding carboxylic acids is 2. The maximum absolute atomic E-state index is 12.3. The summed E-state index contributed by atoms with van der Waals surface area (Å²) in [5, 5.41) is 2.71. The molecule has 0 aliphatic carbocycles. The molecule has 0 saturated carbocycles. The van der Waals surface area contributed by atoms with Crippen molar-refractivity contribution in [3.8, 4) is 11.5 Å². The van der Waals surface area contributed by atoms with Gasteiger partial charge >= 0.3 is 5.97 Å². The Bertz CT molecular complexity index is 806. The molecule has 2 aromatic carbocycles. The van der Waals surface area contributed by atoms with E-state index in [1.54, 1.807) is 18.2 Å². The van der Waals surface area contributed by atoms with Gasteiger partial charge in [0, 0.05) is 5.69 Å². The van der Waals surface area contributed by atoms with Crippen LogP contribution in [-0.4, -0.2) is 32.7 Å². The molecule has 0 atom stereocenters. The quantitative estimate of drug-likeness (QED) is 0.782. The number of nitrogens with one attached hydrogen (secondary N) is 1. The first-order valence-electron chi connectivity index (χ1n) is 8.54. The summed E-state index contributed by atoms with van der Waals surface area (Å²) in [6.45, 7) is 5.95. The first-order valence-corrected chi connectivity index (χ1v) is 8.54. The molecule has 2 aromatic rings. The summed E-state index contributed by atoms with van der Waals surface area (Å²) in [6.07, 6.45) is 0. The number of carbonyl (C=O) groups is 2. The standard InChI is InChI=1S/C21H25NO5/c1-21(2,3)14-9-11-15(12-10-14)22-18(23)13-27-20(24)16-7-6-8-17(25-4)19(16)26-5/h6-12H,13H2,1-5H3,(H,22,23). The van der Waals surface area contributed by atoms with Crippen LogP contribution < -0.4 is 14.8 Å². The minimum absolute atomic E-state index is 0.0356. The molecule has 6 nitrogen and oxygen atoms in total. The summed E-state index contributed by atoms with van der Waals surface area (Å²) in [5.74, 6) is -0.406. The third-order valence-electron chi connectivity index (χ3n) is 3.99. The van der Waals surface area contributed by atoms with E-state index in [0.29, 0.717) is 11.4 Å². The Labute approximate surface area is 159 Å². The van der Waals surface area contributed by atoms with Gasteiger partial charge < -0.3 is 19.5 Å². The van der Waals surface area contributed by atoms with Crippen LogP contribution in [0.4, 0.5) is 5.69 Å². The molecule has 0 aliphatic rings. The molecule has 0 bridgehead atoms. The minimum atomic E-state index is -0.663. The van der Waals surface area contributed by atoms with Gasteiger partial charge in [-0.1, -0.05) is 39.0 Å². The smallest absolute Gasteiger partial charge is 0.342 e. The third kappa shape index (κ3) is 5.23. The number of benzene rings is 2. The number of hydrogen-bond acceptors (Lipinski definition) is 5. The predicted molar refractivity (Wildman–Crippen MR) is 104 cm³/mol. The van der Waals surface area contributed by atoms with Crippen LogP contribution in [0, 0.1) is 0 Å². The van der Waals surface area contributed by atoms with Crippen molar-refractivity contribution in [1.29, 1.82) is 0 Å². The highest BCUT2D eigenvalue weighted by Gasteiger charge is 2.19. The largest absolute Gasteiger partial charge is 0.493 e. The van der Waals surface area contributed by atoms with E-state index in [0.717, 1.165) is 5.56 Å². The number of methoxy groups -OCH3 is 2. The average Bonchev–Trinajstić information content (AvgIpc) is 2.65. The van der Waals surface area contributed by atoms with E-state index in [-0.39, 0.29) is 16.7 Å². The number of hydrogen-bond donors (Lipinski definition) is 1. The van der Waals surface area contributed by atoms with Gasteiger partial charge in [-0.3, -0.25) is 4.79 Å².